The van der Waals surface area contributed by atoms with Crippen molar-refractivity contribution in [2.24, 2.45) is 13.0 Å². The molecule has 2 unspecified atom stereocenters. The minimum absolute atomic E-state index is 0.137. The average molecular weight is 234 g/mol. The fraction of sp³-hybridized carbons (Fsp3) is 0.538. The third kappa shape index (κ3) is 2.75. The first-order valence-corrected chi connectivity index (χ1v) is 6.04. The number of nitrogens with one attached hydrogen (secondary N) is 1. The summed E-state index contributed by atoms with van der Waals surface area (Å²) in [5, 5.41) is 2.99. The largest absolute Gasteiger partial charge is 0.349 e. The van der Waals surface area contributed by atoms with Gasteiger partial charge in [0.25, 0.3) is 11.5 Å². The highest BCUT2D eigenvalue weighted by Gasteiger charge is 2.23. The Morgan fingerprint density at radius 2 is 2.24 bits per heavy atom. The van der Waals surface area contributed by atoms with Crippen LogP contribution in [-0.2, 0) is 7.05 Å². The summed E-state index contributed by atoms with van der Waals surface area (Å²) in [6.07, 6.45) is 4.87. The molecule has 0 saturated heterocycles. The third-order valence-corrected chi connectivity index (χ3v) is 3.40. The molecule has 0 spiro atoms. The van der Waals surface area contributed by atoms with Crippen molar-refractivity contribution in [1.29, 1.82) is 0 Å². The molecule has 1 heterocycles. The number of aromatic nitrogens is 1. The van der Waals surface area contributed by atoms with Crippen LogP contribution in [0, 0.1) is 5.92 Å². The van der Waals surface area contributed by atoms with Crippen LogP contribution in [0.3, 0.4) is 0 Å². The minimum atomic E-state index is -0.155. The number of amides is 1. The van der Waals surface area contributed by atoms with Gasteiger partial charge in [-0.1, -0.05) is 6.92 Å². The Labute approximate surface area is 101 Å². The highest BCUT2D eigenvalue weighted by Crippen LogP contribution is 2.24. The molecule has 1 aliphatic carbocycles. The number of aryl methyl sites for hydroxylation is 1. The second-order valence-corrected chi connectivity index (χ2v) is 4.95. The molecule has 17 heavy (non-hydrogen) atoms. The van der Waals surface area contributed by atoms with Crippen molar-refractivity contribution < 1.29 is 4.79 Å². The van der Waals surface area contributed by atoms with Gasteiger partial charge in [-0.3, -0.25) is 9.59 Å². The molecule has 1 amide bonds. The number of hydrogen-bond donors (Lipinski definition) is 1. The zero-order chi connectivity index (χ0) is 12.4. The second-order valence-electron chi connectivity index (χ2n) is 4.95. The van der Waals surface area contributed by atoms with Gasteiger partial charge >= 0.3 is 0 Å². The molecule has 1 N–H and O–H groups in total. The normalized spacial score (nSPS) is 23.6. The SMILES string of the molecule is CC1CCC(NC(=O)c2ccn(C)c(=O)c2)C1. The Bertz CT molecular complexity index is 479. The summed E-state index contributed by atoms with van der Waals surface area (Å²) >= 11 is 0. The number of nitrogens with zero attached hydrogens (tertiary/aromatic N) is 1. The molecule has 0 aromatic carbocycles. The van der Waals surface area contributed by atoms with Crippen molar-refractivity contribution in [3.63, 3.8) is 0 Å². The third-order valence-electron chi connectivity index (χ3n) is 3.40. The van der Waals surface area contributed by atoms with Gasteiger partial charge in [0.1, 0.15) is 0 Å². The molecule has 1 aromatic heterocycles. The summed E-state index contributed by atoms with van der Waals surface area (Å²) in [5.74, 6) is 0.547. The van der Waals surface area contributed by atoms with E-state index >= 15 is 0 Å². The van der Waals surface area contributed by atoms with E-state index in [1.807, 2.05) is 0 Å². The zero-order valence-corrected chi connectivity index (χ0v) is 10.3. The Balaban J connectivity index is 2.04. The molecular formula is C13H18N2O2. The van der Waals surface area contributed by atoms with Gasteiger partial charge in [-0.15, -0.1) is 0 Å². The summed E-state index contributed by atoms with van der Waals surface area (Å²) in [6.45, 7) is 2.20. The summed E-state index contributed by atoms with van der Waals surface area (Å²) < 4.78 is 1.45. The fourth-order valence-corrected chi connectivity index (χ4v) is 2.30. The smallest absolute Gasteiger partial charge is 0.251 e. The van der Waals surface area contributed by atoms with E-state index in [-0.39, 0.29) is 17.5 Å². The molecule has 1 aromatic rings. The number of carbonyl (C=O) groups is 1. The Morgan fingerprint density at radius 1 is 1.47 bits per heavy atom. The van der Waals surface area contributed by atoms with E-state index in [1.165, 1.54) is 17.1 Å². The van der Waals surface area contributed by atoms with E-state index in [4.69, 9.17) is 0 Å². The van der Waals surface area contributed by atoms with Gasteiger partial charge in [-0.2, -0.15) is 0 Å². The van der Waals surface area contributed by atoms with Crippen molar-refractivity contribution in [3.8, 4) is 0 Å². The molecule has 92 valence electrons. The summed E-state index contributed by atoms with van der Waals surface area (Å²) in [4.78, 5) is 23.3. The van der Waals surface area contributed by atoms with Crippen molar-refractivity contribution in [3.05, 3.63) is 34.2 Å². The molecule has 0 radical (unpaired) electrons. The highest BCUT2D eigenvalue weighted by atomic mass is 16.2. The first-order valence-electron chi connectivity index (χ1n) is 6.04. The Morgan fingerprint density at radius 3 is 2.82 bits per heavy atom. The molecule has 0 aliphatic heterocycles. The van der Waals surface area contributed by atoms with Crippen LogP contribution in [0.5, 0.6) is 0 Å². The van der Waals surface area contributed by atoms with E-state index in [1.54, 1.807) is 19.3 Å². The number of hydrogen-bond acceptors (Lipinski definition) is 2. The lowest BCUT2D eigenvalue weighted by atomic mass is 10.1. The van der Waals surface area contributed by atoms with E-state index in [0.29, 0.717) is 11.5 Å². The highest BCUT2D eigenvalue weighted by molar-refractivity contribution is 5.94. The predicted octanol–water partition coefficient (Wildman–Crippen LogP) is 1.30. The summed E-state index contributed by atoms with van der Waals surface area (Å²) in [6, 6.07) is 3.32. The molecular weight excluding hydrogens is 216 g/mol. The number of carbonyl (C=O) groups excluding carboxylic acids is 1. The van der Waals surface area contributed by atoms with Crippen LogP contribution < -0.4 is 10.9 Å². The van der Waals surface area contributed by atoms with E-state index < -0.39 is 0 Å². The van der Waals surface area contributed by atoms with E-state index in [0.717, 1.165) is 12.8 Å². The first kappa shape index (κ1) is 11.9. The van der Waals surface area contributed by atoms with Crippen LogP contribution in [0.1, 0.15) is 36.5 Å². The maximum Gasteiger partial charge on any atom is 0.251 e. The Hall–Kier alpha value is -1.58. The van der Waals surface area contributed by atoms with Gasteiger partial charge in [-0.05, 0) is 31.2 Å². The lowest BCUT2D eigenvalue weighted by Gasteiger charge is -2.12. The van der Waals surface area contributed by atoms with Crippen molar-refractivity contribution >= 4 is 5.91 Å². The molecule has 4 nitrogen and oxygen atoms in total. The number of rotatable bonds is 2. The van der Waals surface area contributed by atoms with Crippen LogP contribution in [0.4, 0.5) is 0 Å². The molecule has 0 bridgehead atoms. The average Bonchev–Trinajstić information content (AvgIpc) is 2.68. The molecule has 4 heteroatoms. The standard InChI is InChI=1S/C13H18N2O2/c1-9-3-4-11(7-9)14-13(17)10-5-6-15(2)12(16)8-10/h5-6,8-9,11H,3-4,7H2,1-2H3,(H,14,17). The molecule has 1 fully saturated rings. The molecule has 1 aliphatic rings. The van der Waals surface area contributed by atoms with Crippen molar-refractivity contribution in [2.75, 3.05) is 0 Å². The summed E-state index contributed by atoms with van der Waals surface area (Å²) in [7, 11) is 1.67. The van der Waals surface area contributed by atoms with Gasteiger partial charge in [0.15, 0.2) is 0 Å². The van der Waals surface area contributed by atoms with Gasteiger partial charge in [0.2, 0.25) is 0 Å². The van der Waals surface area contributed by atoms with Crippen LogP contribution >= 0.6 is 0 Å². The van der Waals surface area contributed by atoms with Gasteiger partial charge in [0, 0.05) is 30.9 Å². The minimum Gasteiger partial charge on any atom is -0.349 e. The fourth-order valence-electron chi connectivity index (χ4n) is 2.30. The van der Waals surface area contributed by atoms with Gasteiger partial charge < -0.3 is 9.88 Å². The van der Waals surface area contributed by atoms with Crippen molar-refractivity contribution in [1.82, 2.24) is 9.88 Å². The number of pyridine rings is 1. The van der Waals surface area contributed by atoms with Gasteiger partial charge in [0.05, 0.1) is 0 Å². The Kier molecular flexibility index (Phi) is 3.31. The maximum atomic E-state index is 11.9. The maximum absolute atomic E-state index is 11.9. The van der Waals surface area contributed by atoms with E-state index in [9.17, 15) is 9.59 Å². The lowest BCUT2D eigenvalue weighted by Crippen LogP contribution is -2.33. The van der Waals surface area contributed by atoms with Crippen molar-refractivity contribution in [2.45, 2.75) is 32.2 Å². The molecule has 1 saturated carbocycles. The molecule has 2 atom stereocenters. The van der Waals surface area contributed by atoms with Crippen LogP contribution in [0.25, 0.3) is 0 Å². The zero-order valence-electron chi connectivity index (χ0n) is 10.3. The second kappa shape index (κ2) is 4.73. The van der Waals surface area contributed by atoms with Crippen LogP contribution in [-0.4, -0.2) is 16.5 Å². The predicted molar refractivity (Wildman–Crippen MR) is 66.0 cm³/mol. The topological polar surface area (TPSA) is 51.1 Å². The van der Waals surface area contributed by atoms with Crippen LogP contribution in [0.2, 0.25) is 0 Å². The van der Waals surface area contributed by atoms with Crippen LogP contribution in [0.15, 0.2) is 23.1 Å². The summed E-state index contributed by atoms with van der Waals surface area (Å²) in [5.41, 5.74) is 0.296. The van der Waals surface area contributed by atoms with E-state index in [2.05, 4.69) is 12.2 Å². The lowest BCUT2D eigenvalue weighted by molar-refractivity contribution is 0.0937. The quantitative estimate of drug-likeness (QED) is 0.838. The van der Waals surface area contributed by atoms with Gasteiger partial charge in [-0.25, -0.2) is 0 Å². The monoisotopic (exact) mass is 234 g/mol. The molecule has 2 rings (SSSR count). The first-order chi connectivity index (χ1) is 8.06.